The van der Waals surface area contributed by atoms with E-state index in [1.807, 2.05) is 18.2 Å². The maximum atomic E-state index is 12.9. The quantitative estimate of drug-likeness (QED) is 0.459. The molecule has 2 aliphatic rings. The number of primary amides is 1. The van der Waals surface area contributed by atoms with Crippen molar-refractivity contribution >= 4 is 29.1 Å². The molecule has 1 aromatic heterocycles. The molecular formula is C23H26N6O3. The molecule has 4 rings (SSSR count). The van der Waals surface area contributed by atoms with Gasteiger partial charge in [0.15, 0.2) is 0 Å². The van der Waals surface area contributed by atoms with Crippen molar-refractivity contribution in [1.82, 2.24) is 15.2 Å². The molecule has 1 aliphatic carbocycles. The van der Waals surface area contributed by atoms with E-state index in [-0.39, 0.29) is 35.7 Å². The van der Waals surface area contributed by atoms with E-state index < -0.39 is 11.9 Å². The fourth-order valence-electron chi connectivity index (χ4n) is 4.19. The zero-order valence-corrected chi connectivity index (χ0v) is 17.6. The number of benzene rings is 1. The third-order valence-electron chi connectivity index (χ3n) is 5.99. The Morgan fingerprint density at radius 2 is 1.97 bits per heavy atom. The second-order valence-corrected chi connectivity index (χ2v) is 8.13. The summed E-state index contributed by atoms with van der Waals surface area (Å²) in [4.78, 5) is 42.6. The number of likely N-dealkylation sites (tertiary alicyclic amines) is 1. The summed E-state index contributed by atoms with van der Waals surface area (Å²) in [6, 6.07) is 11.3. The fourth-order valence-corrected chi connectivity index (χ4v) is 4.19. The van der Waals surface area contributed by atoms with E-state index in [4.69, 9.17) is 11.1 Å². The first-order valence-corrected chi connectivity index (χ1v) is 10.7. The highest BCUT2D eigenvalue weighted by molar-refractivity contribution is 6.44. The van der Waals surface area contributed by atoms with E-state index in [0.29, 0.717) is 24.6 Å². The Morgan fingerprint density at radius 3 is 2.72 bits per heavy atom. The van der Waals surface area contributed by atoms with Crippen LogP contribution >= 0.6 is 0 Å². The van der Waals surface area contributed by atoms with Gasteiger partial charge >= 0.3 is 0 Å². The lowest BCUT2D eigenvalue weighted by Crippen LogP contribution is -2.48. The van der Waals surface area contributed by atoms with Crippen LogP contribution in [0.5, 0.6) is 0 Å². The molecule has 9 heteroatoms. The molecule has 1 saturated carbocycles. The molecule has 1 aromatic carbocycles. The minimum Gasteiger partial charge on any atom is -0.376 e. The molecular weight excluding hydrogens is 408 g/mol. The third kappa shape index (κ3) is 4.61. The highest BCUT2D eigenvalue weighted by Crippen LogP contribution is 2.40. The largest absolute Gasteiger partial charge is 0.376 e. The van der Waals surface area contributed by atoms with Gasteiger partial charge in [-0.3, -0.25) is 24.8 Å². The Kier molecular flexibility index (Phi) is 6.16. The van der Waals surface area contributed by atoms with Crippen LogP contribution in [0.2, 0.25) is 0 Å². The molecule has 32 heavy (non-hydrogen) atoms. The van der Waals surface area contributed by atoms with Gasteiger partial charge in [0, 0.05) is 42.1 Å². The van der Waals surface area contributed by atoms with Crippen LogP contribution in [0.1, 0.15) is 36.3 Å². The smallest absolute Gasteiger partial charge is 0.267 e. The maximum absolute atomic E-state index is 12.9. The predicted octanol–water partition coefficient (Wildman–Crippen LogP) is 1.01. The lowest BCUT2D eigenvalue weighted by Gasteiger charge is -2.24. The van der Waals surface area contributed by atoms with Gasteiger partial charge < -0.3 is 21.3 Å². The molecule has 1 saturated heterocycles. The van der Waals surface area contributed by atoms with E-state index in [1.54, 1.807) is 11.0 Å². The number of pyridine rings is 1. The molecule has 0 bridgehead atoms. The maximum Gasteiger partial charge on any atom is 0.267 e. The summed E-state index contributed by atoms with van der Waals surface area (Å²) in [5, 5.41) is 13.9. The number of nitrogens with zero attached hydrogens (tertiary/aromatic N) is 2. The van der Waals surface area contributed by atoms with E-state index in [2.05, 4.69) is 27.8 Å². The summed E-state index contributed by atoms with van der Waals surface area (Å²) >= 11 is 0. The standard InChI is InChI=1S/C23H26N6O3/c24-21(22(25)31)16-12-26-9-8-17(16)27-13-20(30)29-10-4-7-19(29)23(32)28-18-11-15(18)14-5-2-1-3-6-14/h1-3,5-6,8-9,12,15,18-19,24H,4,7,10-11,13H2,(H2,25,31)(H,26,27)(H,28,32). The summed E-state index contributed by atoms with van der Waals surface area (Å²) in [7, 11) is 0. The first-order valence-electron chi connectivity index (χ1n) is 10.7. The Bertz CT molecular complexity index is 1040. The van der Waals surface area contributed by atoms with Crippen molar-refractivity contribution in [2.24, 2.45) is 5.73 Å². The van der Waals surface area contributed by atoms with Gasteiger partial charge in [-0.15, -0.1) is 0 Å². The van der Waals surface area contributed by atoms with Crippen LogP contribution in [0.4, 0.5) is 5.69 Å². The number of anilines is 1. The highest BCUT2D eigenvalue weighted by atomic mass is 16.2. The topological polar surface area (TPSA) is 141 Å². The molecule has 3 unspecified atom stereocenters. The predicted molar refractivity (Wildman–Crippen MR) is 119 cm³/mol. The van der Waals surface area contributed by atoms with Crippen LogP contribution in [0.3, 0.4) is 0 Å². The molecule has 2 aromatic rings. The molecule has 2 fully saturated rings. The van der Waals surface area contributed by atoms with Crippen molar-refractivity contribution in [3.8, 4) is 0 Å². The van der Waals surface area contributed by atoms with Gasteiger partial charge in [0.2, 0.25) is 11.8 Å². The molecule has 1 aliphatic heterocycles. The van der Waals surface area contributed by atoms with Gasteiger partial charge in [-0.05, 0) is 30.9 Å². The zero-order chi connectivity index (χ0) is 22.7. The second-order valence-electron chi connectivity index (χ2n) is 8.13. The van der Waals surface area contributed by atoms with Crippen LogP contribution in [0, 0.1) is 5.41 Å². The summed E-state index contributed by atoms with van der Waals surface area (Å²) in [5.41, 5.74) is 6.67. The van der Waals surface area contributed by atoms with Crippen molar-refractivity contribution in [3.05, 3.63) is 59.9 Å². The van der Waals surface area contributed by atoms with E-state index in [9.17, 15) is 14.4 Å². The third-order valence-corrected chi connectivity index (χ3v) is 5.99. The minimum absolute atomic E-state index is 0.0666. The number of amides is 3. The van der Waals surface area contributed by atoms with E-state index >= 15 is 0 Å². The number of rotatable bonds is 8. The van der Waals surface area contributed by atoms with Gasteiger partial charge in [-0.25, -0.2) is 0 Å². The Morgan fingerprint density at radius 1 is 1.19 bits per heavy atom. The average Bonchev–Trinajstić information content (AvgIpc) is 3.39. The number of hydrogen-bond donors (Lipinski definition) is 4. The minimum atomic E-state index is -0.877. The fraction of sp³-hybridized carbons (Fsp3) is 0.348. The Labute approximate surface area is 185 Å². The molecule has 3 atom stereocenters. The van der Waals surface area contributed by atoms with Gasteiger partial charge in [-0.1, -0.05) is 30.3 Å². The molecule has 166 valence electrons. The van der Waals surface area contributed by atoms with Crippen LogP contribution < -0.4 is 16.4 Å². The van der Waals surface area contributed by atoms with Crippen LogP contribution in [-0.4, -0.2) is 58.5 Å². The van der Waals surface area contributed by atoms with Gasteiger partial charge in [0.05, 0.1) is 6.54 Å². The van der Waals surface area contributed by atoms with Crippen molar-refractivity contribution in [2.45, 2.75) is 37.3 Å². The molecule has 0 spiro atoms. The van der Waals surface area contributed by atoms with Crippen molar-refractivity contribution in [1.29, 1.82) is 5.41 Å². The first kappa shape index (κ1) is 21.5. The summed E-state index contributed by atoms with van der Waals surface area (Å²) < 4.78 is 0. The van der Waals surface area contributed by atoms with Gasteiger partial charge in [0.25, 0.3) is 5.91 Å². The molecule has 0 radical (unpaired) electrons. The average molecular weight is 435 g/mol. The number of nitrogens with one attached hydrogen (secondary N) is 3. The Hall–Kier alpha value is -3.75. The highest BCUT2D eigenvalue weighted by Gasteiger charge is 2.42. The van der Waals surface area contributed by atoms with Crippen LogP contribution in [-0.2, 0) is 14.4 Å². The van der Waals surface area contributed by atoms with Gasteiger partial charge in [-0.2, -0.15) is 0 Å². The first-order chi connectivity index (χ1) is 15.5. The number of carbonyl (C=O) groups is 3. The normalized spacial score (nSPS) is 21.6. The lowest BCUT2D eigenvalue weighted by atomic mass is 10.1. The summed E-state index contributed by atoms with van der Waals surface area (Å²) in [5.74, 6) is -0.874. The molecule has 5 N–H and O–H groups in total. The van der Waals surface area contributed by atoms with Crippen molar-refractivity contribution < 1.29 is 14.4 Å². The van der Waals surface area contributed by atoms with Gasteiger partial charge in [0.1, 0.15) is 11.8 Å². The summed E-state index contributed by atoms with van der Waals surface area (Å²) in [6.45, 7) is 0.453. The zero-order valence-electron chi connectivity index (χ0n) is 17.6. The van der Waals surface area contributed by atoms with Crippen LogP contribution in [0.15, 0.2) is 48.8 Å². The monoisotopic (exact) mass is 434 g/mol. The molecule has 9 nitrogen and oxygen atoms in total. The second kappa shape index (κ2) is 9.17. The van der Waals surface area contributed by atoms with Crippen molar-refractivity contribution in [2.75, 3.05) is 18.4 Å². The molecule has 2 heterocycles. The van der Waals surface area contributed by atoms with E-state index in [1.165, 1.54) is 18.0 Å². The number of nitrogens with two attached hydrogens (primary N) is 1. The van der Waals surface area contributed by atoms with E-state index in [0.717, 1.165) is 12.8 Å². The van der Waals surface area contributed by atoms with Crippen molar-refractivity contribution in [3.63, 3.8) is 0 Å². The number of hydrogen-bond acceptors (Lipinski definition) is 6. The summed E-state index contributed by atoms with van der Waals surface area (Å²) in [6.07, 6.45) is 5.16. The lowest BCUT2D eigenvalue weighted by molar-refractivity contribution is -0.137. The number of carbonyl (C=O) groups excluding carboxylic acids is 3. The Balaban J connectivity index is 1.34. The SMILES string of the molecule is N=C(C(N)=O)c1cnccc1NCC(=O)N1CCCC1C(=O)NC1CC1c1ccccc1. The molecule has 3 amide bonds. The number of aromatic nitrogens is 1. The van der Waals surface area contributed by atoms with Crippen LogP contribution in [0.25, 0.3) is 0 Å².